The van der Waals surface area contributed by atoms with Crippen LogP contribution in [0.15, 0.2) is 99.5 Å². The molecule has 0 N–H and O–H groups in total. The number of hydrogen-bond acceptors (Lipinski definition) is 5. The largest absolute Gasteiger partial charge is 0.439 e. The molecule has 0 aliphatic heterocycles. The zero-order valence-electron chi connectivity index (χ0n) is 16.5. The van der Waals surface area contributed by atoms with E-state index in [0.29, 0.717) is 11.4 Å². The number of amides is 1. The lowest BCUT2D eigenvalue weighted by atomic mass is 10.2. The first-order valence-electron chi connectivity index (χ1n) is 9.43. The minimum Gasteiger partial charge on any atom is -0.439 e. The second kappa shape index (κ2) is 8.94. The number of sulfone groups is 1. The number of hydrogen-bond donors (Lipinski definition) is 0. The summed E-state index contributed by atoms with van der Waals surface area (Å²) in [6, 6.07) is 19.1. The molecule has 2 aromatic carbocycles. The Hall–Kier alpha value is -3.49. The van der Waals surface area contributed by atoms with Crippen LogP contribution in [0, 0.1) is 5.82 Å². The van der Waals surface area contributed by atoms with Gasteiger partial charge in [-0.1, -0.05) is 41.9 Å². The van der Waals surface area contributed by atoms with Crippen molar-refractivity contribution in [1.29, 1.82) is 0 Å². The molecule has 0 fully saturated rings. The predicted molar refractivity (Wildman–Crippen MR) is 117 cm³/mol. The summed E-state index contributed by atoms with van der Waals surface area (Å²) in [5.41, 5.74) is 0.482. The van der Waals surface area contributed by atoms with Crippen LogP contribution in [-0.4, -0.2) is 19.3 Å². The average molecular weight is 471 g/mol. The number of aromatic nitrogens is 1. The van der Waals surface area contributed by atoms with E-state index in [0.717, 1.165) is 6.07 Å². The Balaban J connectivity index is 1.69. The van der Waals surface area contributed by atoms with Crippen LogP contribution in [0.1, 0.15) is 16.1 Å². The Labute approximate surface area is 188 Å². The van der Waals surface area contributed by atoms with Gasteiger partial charge in [-0.2, -0.15) is 0 Å². The molecular formula is C23H16ClFN2O4S. The van der Waals surface area contributed by atoms with Crippen molar-refractivity contribution >= 4 is 33.2 Å². The van der Waals surface area contributed by atoms with Crippen molar-refractivity contribution in [2.24, 2.45) is 0 Å². The van der Waals surface area contributed by atoms with Crippen molar-refractivity contribution in [2.75, 3.05) is 4.90 Å². The highest BCUT2D eigenvalue weighted by Gasteiger charge is 2.27. The van der Waals surface area contributed by atoms with Gasteiger partial charge < -0.3 is 4.42 Å². The van der Waals surface area contributed by atoms with Crippen LogP contribution in [-0.2, 0) is 16.4 Å². The molecule has 0 bridgehead atoms. The maximum Gasteiger partial charge on any atom is 0.295 e. The summed E-state index contributed by atoms with van der Waals surface area (Å²) in [4.78, 5) is 18.8. The Kier molecular flexibility index (Phi) is 6.07. The van der Waals surface area contributed by atoms with E-state index in [4.69, 9.17) is 16.0 Å². The van der Waals surface area contributed by atoms with Crippen LogP contribution < -0.4 is 4.90 Å². The van der Waals surface area contributed by atoms with E-state index in [-0.39, 0.29) is 27.3 Å². The van der Waals surface area contributed by atoms with Gasteiger partial charge in [-0.15, -0.1) is 0 Å². The number of nitrogens with zero attached hydrogens (tertiary/aromatic N) is 2. The monoisotopic (exact) mass is 470 g/mol. The van der Waals surface area contributed by atoms with E-state index in [2.05, 4.69) is 4.98 Å². The Morgan fingerprint density at radius 2 is 1.75 bits per heavy atom. The Bertz CT molecular complexity index is 1360. The Morgan fingerprint density at radius 3 is 2.44 bits per heavy atom. The van der Waals surface area contributed by atoms with Crippen LogP contribution in [0.25, 0.3) is 0 Å². The molecule has 4 aromatic rings. The highest BCUT2D eigenvalue weighted by molar-refractivity contribution is 7.91. The van der Waals surface area contributed by atoms with Crippen molar-refractivity contribution < 1.29 is 22.0 Å². The molecule has 9 heteroatoms. The average Bonchev–Trinajstić information content (AvgIpc) is 3.31. The molecule has 6 nitrogen and oxygen atoms in total. The number of anilines is 1. The van der Waals surface area contributed by atoms with Crippen LogP contribution in [0.2, 0.25) is 5.02 Å². The maximum absolute atomic E-state index is 13.4. The summed E-state index contributed by atoms with van der Waals surface area (Å²) in [7, 11) is -3.93. The lowest BCUT2D eigenvalue weighted by Crippen LogP contribution is -2.31. The minimum absolute atomic E-state index is 0.0313. The fourth-order valence-electron chi connectivity index (χ4n) is 3.02. The molecule has 32 heavy (non-hydrogen) atoms. The van der Waals surface area contributed by atoms with Crippen LogP contribution in [0.5, 0.6) is 0 Å². The molecule has 0 unspecified atom stereocenters. The summed E-state index contributed by atoms with van der Waals surface area (Å²) in [6.45, 7) is -0.0313. The molecule has 2 heterocycles. The second-order valence-electron chi connectivity index (χ2n) is 6.75. The molecule has 162 valence electrons. The van der Waals surface area contributed by atoms with E-state index >= 15 is 0 Å². The van der Waals surface area contributed by atoms with Gasteiger partial charge in [-0.25, -0.2) is 17.8 Å². The molecule has 1 amide bonds. The molecular weight excluding hydrogens is 455 g/mol. The zero-order valence-corrected chi connectivity index (χ0v) is 18.1. The smallest absolute Gasteiger partial charge is 0.295 e. The van der Waals surface area contributed by atoms with Gasteiger partial charge in [0, 0.05) is 11.2 Å². The lowest BCUT2D eigenvalue weighted by Gasteiger charge is -2.21. The van der Waals surface area contributed by atoms with Crippen LogP contribution >= 0.6 is 11.6 Å². The molecule has 0 atom stereocenters. The lowest BCUT2D eigenvalue weighted by molar-refractivity contribution is 0.0952. The molecule has 2 aromatic heterocycles. The number of carbonyl (C=O) groups excluding carboxylic acids is 1. The van der Waals surface area contributed by atoms with Crippen molar-refractivity contribution in [1.82, 2.24) is 4.98 Å². The first-order chi connectivity index (χ1) is 15.4. The van der Waals surface area contributed by atoms with E-state index < -0.39 is 21.6 Å². The molecule has 0 saturated carbocycles. The van der Waals surface area contributed by atoms with E-state index in [1.165, 1.54) is 47.5 Å². The van der Waals surface area contributed by atoms with Gasteiger partial charge in [0.2, 0.25) is 14.9 Å². The first-order valence-corrected chi connectivity index (χ1v) is 11.3. The zero-order chi connectivity index (χ0) is 22.7. The number of carbonyl (C=O) groups is 1. The SMILES string of the molecule is O=C(c1ccc(S(=O)(=O)c2ccccc2)o1)N(Cc1ccc(F)cc1Cl)c1ccccn1. The summed E-state index contributed by atoms with van der Waals surface area (Å²) in [5, 5.41) is -0.210. The summed E-state index contributed by atoms with van der Waals surface area (Å²) >= 11 is 6.14. The highest BCUT2D eigenvalue weighted by atomic mass is 35.5. The van der Waals surface area contributed by atoms with E-state index in [9.17, 15) is 17.6 Å². The van der Waals surface area contributed by atoms with Crippen molar-refractivity contribution in [2.45, 2.75) is 16.5 Å². The van der Waals surface area contributed by atoms with Gasteiger partial charge >= 0.3 is 0 Å². The molecule has 0 saturated heterocycles. The fraction of sp³-hybridized carbons (Fsp3) is 0.0435. The second-order valence-corrected chi connectivity index (χ2v) is 9.04. The third kappa shape index (κ3) is 4.42. The van der Waals surface area contributed by atoms with Crippen molar-refractivity contribution in [3.05, 3.63) is 107 Å². The first kappa shape index (κ1) is 21.7. The molecule has 0 aliphatic carbocycles. The maximum atomic E-state index is 13.4. The predicted octanol–water partition coefficient (Wildman–Crippen LogP) is 5.15. The number of pyridine rings is 1. The van der Waals surface area contributed by atoms with Gasteiger partial charge in [0.05, 0.1) is 11.4 Å². The highest BCUT2D eigenvalue weighted by Crippen LogP contribution is 2.26. The topological polar surface area (TPSA) is 80.5 Å². The third-order valence-corrected chi connectivity index (χ3v) is 6.62. The summed E-state index contributed by atoms with van der Waals surface area (Å²) < 4.78 is 44.5. The summed E-state index contributed by atoms with van der Waals surface area (Å²) in [6.07, 6.45) is 1.51. The number of furan rings is 1. The van der Waals surface area contributed by atoms with Crippen LogP contribution in [0.3, 0.4) is 0 Å². The van der Waals surface area contributed by atoms with Gasteiger partial charge in [0.15, 0.2) is 5.76 Å². The van der Waals surface area contributed by atoms with Crippen molar-refractivity contribution in [3.63, 3.8) is 0 Å². The quantitative estimate of drug-likeness (QED) is 0.389. The number of halogens is 2. The van der Waals surface area contributed by atoms with Gasteiger partial charge in [-0.05, 0) is 54.1 Å². The van der Waals surface area contributed by atoms with Gasteiger partial charge in [-0.3, -0.25) is 9.69 Å². The molecule has 0 aliphatic rings. The molecule has 0 spiro atoms. The Morgan fingerprint density at radius 1 is 1.00 bits per heavy atom. The normalized spacial score (nSPS) is 11.3. The molecule has 4 rings (SSSR count). The van der Waals surface area contributed by atoms with Gasteiger partial charge in [0.25, 0.3) is 5.91 Å². The standard InChI is InChI=1S/C23H16ClFN2O4S/c24-19-14-17(25)10-9-16(19)15-27(21-8-4-5-13-26-21)23(28)20-11-12-22(31-20)32(29,30)18-6-2-1-3-7-18/h1-14H,15H2. The van der Waals surface area contributed by atoms with Gasteiger partial charge in [0.1, 0.15) is 11.6 Å². The van der Waals surface area contributed by atoms with Crippen molar-refractivity contribution in [3.8, 4) is 0 Å². The fourth-order valence-corrected chi connectivity index (χ4v) is 4.44. The third-order valence-electron chi connectivity index (χ3n) is 4.63. The van der Waals surface area contributed by atoms with E-state index in [1.807, 2.05) is 0 Å². The van der Waals surface area contributed by atoms with Crippen LogP contribution in [0.4, 0.5) is 10.2 Å². The molecule has 0 radical (unpaired) electrons. The summed E-state index contributed by atoms with van der Waals surface area (Å²) in [5.74, 6) is -1.03. The van der Waals surface area contributed by atoms with E-state index in [1.54, 1.807) is 36.4 Å². The minimum atomic E-state index is -3.93. The number of rotatable bonds is 6. The number of benzene rings is 2.